The molecular weight excluding hydrogens is 196 g/mol. The Hall–Kier alpha value is -0.303. The minimum Gasteiger partial charge on any atom is -0.100 e. The van der Waals surface area contributed by atoms with Gasteiger partial charge in [-0.25, -0.2) is 0 Å². The van der Waals surface area contributed by atoms with Gasteiger partial charge in [0.1, 0.15) is 0 Å². The van der Waals surface area contributed by atoms with Crippen LogP contribution in [0.25, 0.3) is 0 Å². The molecule has 0 atom stereocenters. The van der Waals surface area contributed by atoms with Gasteiger partial charge in [-0.1, -0.05) is 37.2 Å². The molecule has 0 N–H and O–H groups in total. The van der Waals surface area contributed by atoms with Crippen LogP contribution in [0.1, 0.15) is 39.0 Å². The molecule has 0 aliphatic rings. The van der Waals surface area contributed by atoms with Crippen LogP contribution < -0.4 is 0 Å². The molecule has 1 heteroatoms. The van der Waals surface area contributed by atoms with Gasteiger partial charge >= 0.3 is 0 Å². The van der Waals surface area contributed by atoms with Gasteiger partial charge in [0.25, 0.3) is 0 Å². The molecule has 0 nitrogen and oxygen atoms in total. The summed E-state index contributed by atoms with van der Waals surface area (Å²) >= 11 is 0. The lowest BCUT2D eigenvalue weighted by molar-refractivity contribution is 0.673. The molecule has 0 unspecified atom stereocenters. The summed E-state index contributed by atoms with van der Waals surface area (Å²) in [5, 5.41) is 0. The maximum atomic E-state index is 4.19. The van der Waals surface area contributed by atoms with Gasteiger partial charge in [-0.2, -0.15) is 0 Å². The van der Waals surface area contributed by atoms with Gasteiger partial charge in [0.15, 0.2) is 0 Å². The first-order valence-electron chi connectivity index (χ1n) is 6.12. The summed E-state index contributed by atoms with van der Waals surface area (Å²) in [6.07, 6.45) is 6.38. The van der Waals surface area contributed by atoms with E-state index in [-0.39, 0.29) is 0 Å². The molecular formula is C14H28Si. The van der Waals surface area contributed by atoms with E-state index in [0.717, 1.165) is 0 Å². The monoisotopic (exact) mass is 224 g/mol. The molecule has 0 rings (SSSR count). The maximum Gasteiger partial charge on any atom is 0.0483 e. The van der Waals surface area contributed by atoms with E-state index in [1.54, 1.807) is 0 Å². The Balaban J connectivity index is 3.44. The van der Waals surface area contributed by atoms with Crippen LogP contribution in [-0.2, 0) is 0 Å². The summed E-state index contributed by atoms with van der Waals surface area (Å²) in [7, 11) is -0.920. The van der Waals surface area contributed by atoms with Crippen LogP contribution in [0.2, 0.25) is 25.7 Å². The number of unbranched alkanes of at least 4 members (excludes halogenated alkanes) is 2. The highest BCUT2D eigenvalue weighted by atomic mass is 28.3. The van der Waals surface area contributed by atoms with Gasteiger partial charge in [0.2, 0.25) is 0 Å². The first-order chi connectivity index (χ1) is 6.81. The average molecular weight is 224 g/mol. The van der Waals surface area contributed by atoms with E-state index in [9.17, 15) is 0 Å². The van der Waals surface area contributed by atoms with Crippen LogP contribution in [0.3, 0.4) is 0 Å². The predicted octanol–water partition coefficient (Wildman–Crippen LogP) is 5.41. The van der Waals surface area contributed by atoms with Crippen molar-refractivity contribution in [1.82, 2.24) is 0 Å². The number of hydrogen-bond acceptors (Lipinski definition) is 0. The molecule has 0 fully saturated rings. The van der Waals surface area contributed by atoms with Crippen molar-refractivity contribution >= 4 is 8.07 Å². The molecule has 0 saturated heterocycles. The highest BCUT2D eigenvalue weighted by Gasteiger charge is 2.13. The normalized spacial score (nSPS) is 11.5. The first-order valence-corrected chi connectivity index (χ1v) is 9.83. The standard InChI is InChI=1S/C14H28Si/c1-13(2)10-8-7-9-11-14(3)12-15(4,5)6/h1,3,7-12H2,2,4-6H3. The van der Waals surface area contributed by atoms with Crippen LogP contribution in [-0.4, -0.2) is 8.07 Å². The molecule has 0 heterocycles. The van der Waals surface area contributed by atoms with Crippen molar-refractivity contribution < 1.29 is 0 Å². The summed E-state index contributed by atoms with van der Waals surface area (Å²) in [6.45, 7) is 17.5. The predicted molar refractivity (Wildman–Crippen MR) is 75.2 cm³/mol. The third kappa shape index (κ3) is 11.6. The maximum absolute atomic E-state index is 4.19. The summed E-state index contributed by atoms with van der Waals surface area (Å²) < 4.78 is 0. The zero-order valence-electron chi connectivity index (χ0n) is 11.2. The molecule has 15 heavy (non-hydrogen) atoms. The van der Waals surface area contributed by atoms with Gasteiger partial charge in [-0.15, -0.1) is 13.2 Å². The zero-order valence-corrected chi connectivity index (χ0v) is 12.2. The highest BCUT2D eigenvalue weighted by Crippen LogP contribution is 2.20. The summed E-state index contributed by atoms with van der Waals surface area (Å²) in [6, 6.07) is 1.30. The summed E-state index contributed by atoms with van der Waals surface area (Å²) in [5.41, 5.74) is 2.79. The van der Waals surface area contributed by atoms with E-state index >= 15 is 0 Å². The highest BCUT2D eigenvalue weighted by molar-refractivity contribution is 6.76. The fourth-order valence-electron chi connectivity index (χ4n) is 1.82. The molecule has 0 saturated carbocycles. The second kappa shape index (κ2) is 7.05. The van der Waals surface area contributed by atoms with E-state index in [1.165, 1.54) is 49.3 Å². The largest absolute Gasteiger partial charge is 0.100 e. The summed E-state index contributed by atoms with van der Waals surface area (Å²) in [5.74, 6) is 0. The molecule has 88 valence electrons. The van der Waals surface area contributed by atoms with Gasteiger partial charge < -0.3 is 0 Å². The van der Waals surface area contributed by atoms with E-state index in [0.29, 0.717) is 0 Å². The quantitative estimate of drug-likeness (QED) is 0.294. The topological polar surface area (TPSA) is 0 Å². The van der Waals surface area contributed by atoms with Crippen molar-refractivity contribution in [3.05, 3.63) is 24.3 Å². The lowest BCUT2D eigenvalue weighted by Gasteiger charge is -2.17. The molecule has 0 bridgehead atoms. The molecule has 0 amide bonds. The third-order valence-corrected chi connectivity index (χ3v) is 3.97. The number of allylic oxidation sites excluding steroid dienone is 2. The Kier molecular flexibility index (Phi) is 6.91. The average Bonchev–Trinajstić information content (AvgIpc) is 1.99. The van der Waals surface area contributed by atoms with E-state index in [2.05, 4.69) is 39.7 Å². The SMILES string of the molecule is C=C(C)CCCCCC(=C)C[Si](C)(C)C. The van der Waals surface area contributed by atoms with Crippen LogP contribution in [0.15, 0.2) is 24.3 Å². The Morgan fingerprint density at radius 2 is 1.47 bits per heavy atom. The Morgan fingerprint density at radius 3 is 1.93 bits per heavy atom. The molecule has 0 spiro atoms. The second-order valence-corrected chi connectivity index (χ2v) is 11.5. The van der Waals surface area contributed by atoms with Crippen LogP contribution in [0.5, 0.6) is 0 Å². The van der Waals surface area contributed by atoms with Gasteiger partial charge in [-0.3, -0.25) is 0 Å². The molecule has 0 aliphatic heterocycles. The Bertz CT molecular complexity index is 208. The van der Waals surface area contributed by atoms with Crippen molar-refractivity contribution in [3.8, 4) is 0 Å². The van der Waals surface area contributed by atoms with Crippen molar-refractivity contribution in [2.24, 2.45) is 0 Å². The molecule has 0 radical (unpaired) electrons. The first kappa shape index (κ1) is 14.7. The van der Waals surface area contributed by atoms with Gasteiger partial charge in [-0.05, 0) is 38.7 Å². The van der Waals surface area contributed by atoms with Crippen LogP contribution in [0, 0.1) is 0 Å². The van der Waals surface area contributed by atoms with Gasteiger partial charge in [0.05, 0.1) is 0 Å². The summed E-state index contributed by atoms with van der Waals surface area (Å²) in [4.78, 5) is 0. The molecule has 0 aromatic heterocycles. The lowest BCUT2D eigenvalue weighted by Crippen LogP contribution is -2.19. The van der Waals surface area contributed by atoms with Crippen LogP contribution in [0.4, 0.5) is 0 Å². The minimum absolute atomic E-state index is 0.920. The molecule has 0 aliphatic carbocycles. The van der Waals surface area contributed by atoms with E-state index in [4.69, 9.17) is 0 Å². The molecule has 0 aromatic rings. The van der Waals surface area contributed by atoms with Crippen molar-refractivity contribution in [1.29, 1.82) is 0 Å². The van der Waals surface area contributed by atoms with E-state index in [1.807, 2.05) is 0 Å². The van der Waals surface area contributed by atoms with Crippen LogP contribution >= 0.6 is 0 Å². The van der Waals surface area contributed by atoms with Crippen molar-refractivity contribution in [3.63, 3.8) is 0 Å². The smallest absolute Gasteiger partial charge is 0.0483 e. The van der Waals surface area contributed by atoms with Gasteiger partial charge in [0, 0.05) is 8.07 Å². The number of hydrogen-bond donors (Lipinski definition) is 0. The lowest BCUT2D eigenvalue weighted by atomic mass is 10.1. The minimum atomic E-state index is -0.920. The van der Waals surface area contributed by atoms with Crippen molar-refractivity contribution in [2.75, 3.05) is 0 Å². The fourth-order valence-corrected chi connectivity index (χ4v) is 3.49. The fraction of sp³-hybridized carbons (Fsp3) is 0.714. The Labute approximate surface area is 97.5 Å². The third-order valence-electron chi connectivity index (χ3n) is 2.41. The molecule has 0 aromatic carbocycles. The van der Waals surface area contributed by atoms with Crippen molar-refractivity contribution in [2.45, 2.75) is 64.7 Å². The number of rotatable bonds is 8. The zero-order chi connectivity index (χ0) is 11.9. The second-order valence-electron chi connectivity index (χ2n) is 6.01. The Morgan fingerprint density at radius 1 is 0.933 bits per heavy atom. The van der Waals surface area contributed by atoms with E-state index < -0.39 is 8.07 Å².